The van der Waals surface area contributed by atoms with Crippen LogP contribution in [0.1, 0.15) is 30.1 Å². The van der Waals surface area contributed by atoms with Gasteiger partial charge >= 0.3 is 0 Å². The quantitative estimate of drug-likeness (QED) is 0.787. The van der Waals surface area contributed by atoms with Crippen molar-refractivity contribution in [3.8, 4) is 5.88 Å². The van der Waals surface area contributed by atoms with E-state index in [4.69, 9.17) is 9.47 Å². The monoisotopic (exact) mass is 321 g/mol. The van der Waals surface area contributed by atoms with Crippen LogP contribution in [0, 0.1) is 5.92 Å². The standard InChI is InChI=1S/C17H27N3O3/c1-3-23-16-5-4-15(13-18-16)17(21)19-12-14-6-8-20(9-7-14)10-11-22-2/h4-5,13-14H,3,6-12H2,1-2H3,(H,19,21). The summed E-state index contributed by atoms with van der Waals surface area (Å²) in [7, 11) is 1.73. The summed E-state index contributed by atoms with van der Waals surface area (Å²) < 4.78 is 10.4. The molecule has 1 aliphatic rings. The largest absolute Gasteiger partial charge is 0.478 e. The Kier molecular flexibility index (Phi) is 7.29. The van der Waals surface area contributed by atoms with Gasteiger partial charge in [-0.1, -0.05) is 0 Å². The maximum atomic E-state index is 12.1. The maximum absolute atomic E-state index is 12.1. The fourth-order valence-electron chi connectivity index (χ4n) is 2.72. The van der Waals surface area contributed by atoms with Gasteiger partial charge in [0.25, 0.3) is 5.91 Å². The van der Waals surface area contributed by atoms with Crippen molar-refractivity contribution in [2.24, 2.45) is 5.92 Å². The number of nitrogens with one attached hydrogen (secondary N) is 1. The molecule has 0 spiro atoms. The van der Waals surface area contributed by atoms with E-state index < -0.39 is 0 Å². The summed E-state index contributed by atoms with van der Waals surface area (Å²) in [6, 6.07) is 3.48. The van der Waals surface area contributed by atoms with Crippen LogP contribution >= 0.6 is 0 Å². The molecule has 1 aromatic rings. The Morgan fingerprint density at radius 2 is 2.17 bits per heavy atom. The number of likely N-dealkylation sites (tertiary alicyclic amines) is 1. The number of carbonyl (C=O) groups is 1. The number of nitrogens with zero attached hydrogens (tertiary/aromatic N) is 2. The highest BCUT2D eigenvalue weighted by atomic mass is 16.5. The fraction of sp³-hybridized carbons (Fsp3) is 0.647. The number of ether oxygens (including phenoxy) is 2. The highest BCUT2D eigenvalue weighted by Gasteiger charge is 2.19. The summed E-state index contributed by atoms with van der Waals surface area (Å²) in [5.41, 5.74) is 0.575. The van der Waals surface area contributed by atoms with Gasteiger partial charge in [0.1, 0.15) is 0 Å². The van der Waals surface area contributed by atoms with Gasteiger partial charge in [-0.05, 0) is 44.8 Å². The van der Waals surface area contributed by atoms with Crippen LogP contribution in [-0.2, 0) is 4.74 Å². The van der Waals surface area contributed by atoms with Gasteiger partial charge in [-0.2, -0.15) is 0 Å². The Balaban J connectivity index is 1.70. The van der Waals surface area contributed by atoms with Crippen molar-refractivity contribution in [3.63, 3.8) is 0 Å². The molecule has 23 heavy (non-hydrogen) atoms. The molecular weight excluding hydrogens is 294 g/mol. The summed E-state index contributed by atoms with van der Waals surface area (Å²) in [6.45, 7) is 7.14. The van der Waals surface area contributed by atoms with Gasteiger partial charge in [-0.15, -0.1) is 0 Å². The van der Waals surface area contributed by atoms with Gasteiger partial charge in [-0.3, -0.25) is 4.79 Å². The summed E-state index contributed by atoms with van der Waals surface area (Å²) in [5.74, 6) is 1.03. The normalized spacial score (nSPS) is 16.3. The predicted octanol–water partition coefficient (Wildman–Crippen LogP) is 1.57. The average Bonchev–Trinajstić information content (AvgIpc) is 2.59. The molecule has 2 heterocycles. The van der Waals surface area contributed by atoms with E-state index in [-0.39, 0.29) is 5.91 Å². The molecule has 0 saturated carbocycles. The van der Waals surface area contributed by atoms with E-state index in [9.17, 15) is 4.79 Å². The molecule has 0 radical (unpaired) electrons. The predicted molar refractivity (Wildman–Crippen MR) is 88.8 cm³/mol. The topological polar surface area (TPSA) is 63.7 Å². The smallest absolute Gasteiger partial charge is 0.252 e. The zero-order chi connectivity index (χ0) is 16.5. The second-order valence-corrected chi connectivity index (χ2v) is 5.81. The third kappa shape index (κ3) is 5.80. The molecule has 0 unspecified atom stereocenters. The van der Waals surface area contributed by atoms with Crippen molar-refractivity contribution in [1.82, 2.24) is 15.2 Å². The van der Waals surface area contributed by atoms with Crippen LogP contribution < -0.4 is 10.1 Å². The highest BCUT2D eigenvalue weighted by molar-refractivity contribution is 5.93. The van der Waals surface area contributed by atoms with E-state index >= 15 is 0 Å². The zero-order valence-corrected chi connectivity index (χ0v) is 14.1. The summed E-state index contributed by atoms with van der Waals surface area (Å²) in [4.78, 5) is 18.7. The Labute approximate surface area is 138 Å². The Morgan fingerprint density at radius 3 is 2.78 bits per heavy atom. The third-order valence-electron chi connectivity index (χ3n) is 4.16. The van der Waals surface area contributed by atoms with E-state index in [1.54, 1.807) is 25.4 Å². The van der Waals surface area contributed by atoms with Crippen molar-refractivity contribution >= 4 is 5.91 Å². The van der Waals surface area contributed by atoms with Gasteiger partial charge in [0.05, 0.1) is 18.8 Å². The first kappa shape index (κ1) is 17.7. The minimum atomic E-state index is -0.0673. The summed E-state index contributed by atoms with van der Waals surface area (Å²) in [6.07, 6.45) is 3.80. The van der Waals surface area contributed by atoms with Gasteiger partial charge < -0.3 is 19.7 Å². The number of pyridine rings is 1. The number of hydrogen-bond donors (Lipinski definition) is 1. The molecule has 0 aliphatic carbocycles. The van der Waals surface area contributed by atoms with Crippen LogP contribution in [0.3, 0.4) is 0 Å². The van der Waals surface area contributed by atoms with Gasteiger partial charge in [0, 0.05) is 32.5 Å². The molecule has 1 aromatic heterocycles. The van der Waals surface area contributed by atoms with Crippen molar-refractivity contribution in [2.45, 2.75) is 19.8 Å². The van der Waals surface area contributed by atoms with E-state index in [2.05, 4.69) is 15.2 Å². The Hall–Kier alpha value is -1.66. The van der Waals surface area contributed by atoms with Crippen LogP contribution in [0.2, 0.25) is 0 Å². The number of amides is 1. The molecule has 2 rings (SSSR count). The molecule has 1 amide bonds. The van der Waals surface area contributed by atoms with Gasteiger partial charge in [0.15, 0.2) is 0 Å². The van der Waals surface area contributed by atoms with Gasteiger partial charge in [0.2, 0.25) is 5.88 Å². The maximum Gasteiger partial charge on any atom is 0.252 e. The van der Waals surface area contributed by atoms with Crippen molar-refractivity contribution in [3.05, 3.63) is 23.9 Å². The molecule has 1 aliphatic heterocycles. The first-order valence-electron chi connectivity index (χ1n) is 8.31. The molecular formula is C17H27N3O3. The number of aromatic nitrogens is 1. The number of piperidine rings is 1. The lowest BCUT2D eigenvalue weighted by Gasteiger charge is -2.31. The lowest BCUT2D eigenvalue weighted by atomic mass is 9.96. The first-order valence-corrected chi connectivity index (χ1v) is 8.31. The minimum absolute atomic E-state index is 0.0673. The van der Waals surface area contributed by atoms with E-state index in [1.807, 2.05) is 6.92 Å². The molecule has 1 N–H and O–H groups in total. The second kappa shape index (κ2) is 9.47. The van der Waals surface area contributed by atoms with E-state index in [1.165, 1.54) is 0 Å². The second-order valence-electron chi connectivity index (χ2n) is 5.81. The number of methoxy groups -OCH3 is 1. The lowest BCUT2D eigenvalue weighted by molar-refractivity contribution is 0.0925. The van der Waals surface area contributed by atoms with Crippen molar-refractivity contribution in [2.75, 3.05) is 46.5 Å². The van der Waals surface area contributed by atoms with E-state index in [0.29, 0.717) is 24.0 Å². The molecule has 128 valence electrons. The molecule has 1 saturated heterocycles. The number of hydrogen-bond acceptors (Lipinski definition) is 5. The van der Waals surface area contributed by atoms with Crippen LogP contribution in [-0.4, -0.2) is 62.3 Å². The van der Waals surface area contributed by atoms with Crippen LogP contribution in [0.4, 0.5) is 0 Å². The molecule has 0 bridgehead atoms. The van der Waals surface area contributed by atoms with Crippen molar-refractivity contribution in [1.29, 1.82) is 0 Å². The Bertz CT molecular complexity index is 470. The van der Waals surface area contributed by atoms with Crippen molar-refractivity contribution < 1.29 is 14.3 Å². The Morgan fingerprint density at radius 1 is 1.39 bits per heavy atom. The lowest BCUT2D eigenvalue weighted by Crippen LogP contribution is -2.39. The minimum Gasteiger partial charge on any atom is -0.478 e. The number of rotatable bonds is 8. The molecule has 1 fully saturated rings. The van der Waals surface area contributed by atoms with Crippen LogP contribution in [0.25, 0.3) is 0 Å². The third-order valence-corrected chi connectivity index (χ3v) is 4.16. The van der Waals surface area contributed by atoms with E-state index in [0.717, 1.165) is 45.6 Å². The molecule has 0 atom stereocenters. The zero-order valence-electron chi connectivity index (χ0n) is 14.1. The van der Waals surface area contributed by atoms with Crippen LogP contribution in [0.15, 0.2) is 18.3 Å². The van der Waals surface area contributed by atoms with Gasteiger partial charge in [-0.25, -0.2) is 4.98 Å². The molecule has 6 heteroatoms. The first-order chi connectivity index (χ1) is 11.2. The fourth-order valence-corrected chi connectivity index (χ4v) is 2.72. The highest BCUT2D eigenvalue weighted by Crippen LogP contribution is 2.16. The number of carbonyl (C=O) groups excluding carboxylic acids is 1. The van der Waals surface area contributed by atoms with Crippen LogP contribution in [0.5, 0.6) is 5.88 Å². The SMILES string of the molecule is CCOc1ccc(C(=O)NCC2CCN(CCOC)CC2)cn1. The summed E-state index contributed by atoms with van der Waals surface area (Å²) >= 11 is 0. The average molecular weight is 321 g/mol. The molecule has 6 nitrogen and oxygen atoms in total. The summed E-state index contributed by atoms with van der Waals surface area (Å²) in [5, 5.41) is 3.02. The molecule has 0 aromatic carbocycles.